The van der Waals surface area contributed by atoms with Crippen molar-refractivity contribution in [1.82, 2.24) is 5.32 Å². The zero-order chi connectivity index (χ0) is 21.3. The molecule has 0 fully saturated rings. The van der Waals surface area contributed by atoms with Gasteiger partial charge in [0, 0.05) is 6.54 Å². The largest absolute Gasteiger partial charge is 0.493 e. The van der Waals surface area contributed by atoms with Crippen LogP contribution in [0.2, 0.25) is 0 Å². The SMILES string of the molecule is COc1ccc(CC(=O)NCc2ccc(OCc3cccc(F)c3)cc2)cc1OC. The molecule has 0 aliphatic heterocycles. The van der Waals surface area contributed by atoms with E-state index in [-0.39, 0.29) is 18.1 Å². The third kappa shape index (κ3) is 5.98. The highest BCUT2D eigenvalue weighted by Crippen LogP contribution is 2.27. The normalized spacial score (nSPS) is 10.4. The standard InChI is InChI=1S/C24H24FNO4/c1-28-22-11-8-18(13-23(22)29-2)14-24(27)26-15-17-6-9-21(10-7-17)30-16-19-4-3-5-20(25)12-19/h3-13H,14-16H2,1-2H3,(H,26,27). The Kier molecular flexibility index (Phi) is 7.27. The first-order valence-corrected chi connectivity index (χ1v) is 9.51. The second-order valence-corrected chi connectivity index (χ2v) is 6.71. The molecule has 0 bridgehead atoms. The molecule has 0 radical (unpaired) electrons. The summed E-state index contributed by atoms with van der Waals surface area (Å²) in [5.41, 5.74) is 2.56. The lowest BCUT2D eigenvalue weighted by molar-refractivity contribution is -0.120. The van der Waals surface area contributed by atoms with Gasteiger partial charge in [0.1, 0.15) is 18.2 Å². The second-order valence-electron chi connectivity index (χ2n) is 6.71. The van der Waals surface area contributed by atoms with Gasteiger partial charge in [0.15, 0.2) is 11.5 Å². The van der Waals surface area contributed by atoms with E-state index in [1.54, 1.807) is 32.4 Å². The quantitative estimate of drug-likeness (QED) is 0.573. The predicted octanol–water partition coefficient (Wildman–Crippen LogP) is 4.28. The summed E-state index contributed by atoms with van der Waals surface area (Å²) in [7, 11) is 3.13. The maximum Gasteiger partial charge on any atom is 0.224 e. The van der Waals surface area contributed by atoms with Crippen molar-refractivity contribution in [2.75, 3.05) is 14.2 Å². The van der Waals surface area contributed by atoms with Crippen molar-refractivity contribution in [3.8, 4) is 17.2 Å². The molecule has 0 spiro atoms. The Morgan fingerprint density at radius 3 is 2.30 bits per heavy atom. The van der Waals surface area contributed by atoms with Crippen LogP contribution in [-0.4, -0.2) is 20.1 Å². The molecule has 0 heterocycles. The molecular weight excluding hydrogens is 385 g/mol. The third-order valence-electron chi connectivity index (χ3n) is 4.52. The molecule has 0 saturated heterocycles. The third-order valence-corrected chi connectivity index (χ3v) is 4.52. The fourth-order valence-electron chi connectivity index (χ4n) is 2.94. The van der Waals surface area contributed by atoms with Gasteiger partial charge in [-0.3, -0.25) is 4.79 Å². The van der Waals surface area contributed by atoms with E-state index < -0.39 is 0 Å². The van der Waals surface area contributed by atoms with Crippen molar-refractivity contribution < 1.29 is 23.4 Å². The summed E-state index contributed by atoms with van der Waals surface area (Å²) in [5, 5.41) is 2.90. The highest BCUT2D eigenvalue weighted by molar-refractivity contribution is 5.78. The van der Waals surface area contributed by atoms with Crippen LogP contribution in [-0.2, 0) is 24.4 Å². The van der Waals surface area contributed by atoms with Gasteiger partial charge in [0.05, 0.1) is 20.6 Å². The van der Waals surface area contributed by atoms with Crippen LogP contribution >= 0.6 is 0 Å². The lowest BCUT2D eigenvalue weighted by atomic mass is 10.1. The van der Waals surface area contributed by atoms with Crippen molar-refractivity contribution in [1.29, 1.82) is 0 Å². The molecule has 5 nitrogen and oxygen atoms in total. The van der Waals surface area contributed by atoms with Crippen molar-refractivity contribution in [3.63, 3.8) is 0 Å². The molecule has 3 aromatic carbocycles. The minimum Gasteiger partial charge on any atom is -0.493 e. The fraction of sp³-hybridized carbons (Fsp3) is 0.208. The number of methoxy groups -OCH3 is 2. The molecular formula is C24H24FNO4. The molecule has 0 unspecified atom stereocenters. The van der Waals surface area contributed by atoms with Crippen LogP contribution in [0.5, 0.6) is 17.2 Å². The molecule has 1 N–H and O–H groups in total. The highest BCUT2D eigenvalue weighted by Gasteiger charge is 2.08. The first kappa shape index (κ1) is 21.2. The van der Waals surface area contributed by atoms with Crippen molar-refractivity contribution in [2.24, 2.45) is 0 Å². The van der Waals surface area contributed by atoms with Crippen molar-refractivity contribution in [2.45, 2.75) is 19.6 Å². The molecule has 0 atom stereocenters. The summed E-state index contributed by atoms with van der Waals surface area (Å²) < 4.78 is 29.3. The van der Waals surface area contributed by atoms with E-state index >= 15 is 0 Å². The molecule has 0 aliphatic carbocycles. The number of nitrogens with one attached hydrogen (secondary N) is 1. The fourth-order valence-corrected chi connectivity index (χ4v) is 2.94. The Morgan fingerprint density at radius 2 is 1.60 bits per heavy atom. The number of amides is 1. The summed E-state index contributed by atoms with van der Waals surface area (Å²) in [5.74, 6) is 1.53. The summed E-state index contributed by atoms with van der Waals surface area (Å²) in [6.45, 7) is 0.704. The Hall–Kier alpha value is -3.54. The van der Waals surface area contributed by atoms with Gasteiger partial charge in [-0.05, 0) is 53.1 Å². The summed E-state index contributed by atoms with van der Waals surface area (Å²) in [4.78, 5) is 12.3. The predicted molar refractivity (Wildman–Crippen MR) is 112 cm³/mol. The lowest BCUT2D eigenvalue weighted by Gasteiger charge is -2.10. The Bertz CT molecular complexity index is 989. The van der Waals surface area contributed by atoms with E-state index in [9.17, 15) is 9.18 Å². The van der Waals surface area contributed by atoms with E-state index in [4.69, 9.17) is 14.2 Å². The lowest BCUT2D eigenvalue weighted by Crippen LogP contribution is -2.24. The number of rotatable bonds is 9. The van der Waals surface area contributed by atoms with E-state index in [0.29, 0.717) is 30.4 Å². The van der Waals surface area contributed by atoms with Crippen LogP contribution in [0, 0.1) is 5.82 Å². The molecule has 6 heteroatoms. The van der Waals surface area contributed by atoms with Crippen molar-refractivity contribution in [3.05, 3.63) is 89.2 Å². The number of carbonyl (C=O) groups excluding carboxylic acids is 1. The number of halogens is 1. The van der Waals surface area contributed by atoms with Gasteiger partial charge in [-0.1, -0.05) is 30.3 Å². The maximum absolute atomic E-state index is 13.2. The topological polar surface area (TPSA) is 56.8 Å². The first-order chi connectivity index (χ1) is 14.6. The number of carbonyl (C=O) groups is 1. The number of benzene rings is 3. The zero-order valence-corrected chi connectivity index (χ0v) is 17.0. The average molecular weight is 409 g/mol. The van der Waals surface area contributed by atoms with Crippen molar-refractivity contribution >= 4 is 5.91 Å². The summed E-state index contributed by atoms with van der Waals surface area (Å²) >= 11 is 0. The van der Waals surface area contributed by atoms with Gasteiger partial charge in [0.2, 0.25) is 5.91 Å². The van der Waals surface area contributed by atoms with E-state index in [1.807, 2.05) is 36.4 Å². The van der Waals surface area contributed by atoms with Crippen LogP contribution in [0.3, 0.4) is 0 Å². The molecule has 0 aliphatic rings. The Balaban J connectivity index is 1.48. The average Bonchev–Trinajstić information content (AvgIpc) is 2.77. The first-order valence-electron chi connectivity index (χ1n) is 9.51. The highest BCUT2D eigenvalue weighted by atomic mass is 19.1. The second kappa shape index (κ2) is 10.3. The van der Waals surface area contributed by atoms with Crippen LogP contribution < -0.4 is 19.5 Å². The summed E-state index contributed by atoms with van der Waals surface area (Å²) in [6, 6.07) is 19.2. The minimum absolute atomic E-state index is 0.0892. The van der Waals surface area contributed by atoms with Gasteiger partial charge in [-0.25, -0.2) is 4.39 Å². The van der Waals surface area contributed by atoms with Crippen LogP contribution in [0.15, 0.2) is 66.7 Å². The molecule has 30 heavy (non-hydrogen) atoms. The van der Waals surface area contributed by atoms with Gasteiger partial charge in [0.25, 0.3) is 0 Å². The number of ether oxygens (including phenoxy) is 3. The Labute approximate surface area is 175 Å². The smallest absolute Gasteiger partial charge is 0.224 e. The van der Waals surface area contributed by atoms with Gasteiger partial charge < -0.3 is 19.5 Å². The molecule has 1 amide bonds. The maximum atomic E-state index is 13.2. The monoisotopic (exact) mass is 409 g/mol. The number of hydrogen-bond acceptors (Lipinski definition) is 4. The zero-order valence-electron chi connectivity index (χ0n) is 17.0. The molecule has 3 aromatic rings. The minimum atomic E-state index is -0.282. The van der Waals surface area contributed by atoms with Crippen LogP contribution in [0.25, 0.3) is 0 Å². The van der Waals surface area contributed by atoms with Crippen LogP contribution in [0.1, 0.15) is 16.7 Å². The molecule has 0 saturated carbocycles. The molecule has 0 aromatic heterocycles. The van der Waals surface area contributed by atoms with Gasteiger partial charge in [-0.15, -0.1) is 0 Å². The van der Waals surface area contributed by atoms with Gasteiger partial charge >= 0.3 is 0 Å². The van der Waals surface area contributed by atoms with Gasteiger partial charge in [-0.2, -0.15) is 0 Å². The number of hydrogen-bond donors (Lipinski definition) is 1. The molecule has 156 valence electrons. The Morgan fingerprint density at radius 1 is 0.867 bits per heavy atom. The van der Waals surface area contributed by atoms with E-state index in [1.165, 1.54) is 12.1 Å². The summed E-state index contributed by atoms with van der Waals surface area (Å²) in [6.07, 6.45) is 0.245. The van der Waals surface area contributed by atoms with E-state index in [2.05, 4.69) is 5.32 Å². The van der Waals surface area contributed by atoms with Crippen LogP contribution in [0.4, 0.5) is 4.39 Å². The van der Waals surface area contributed by atoms with E-state index in [0.717, 1.165) is 16.7 Å². The molecule has 3 rings (SSSR count).